The number of hydrogen-bond acceptors (Lipinski definition) is 2. The molecule has 0 radical (unpaired) electrons. The van der Waals surface area contributed by atoms with Crippen molar-refractivity contribution in [2.45, 2.75) is 6.92 Å². The molecule has 0 spiro atoms. The monoisotopic (exact) mass is 628 g/mol. The molecule has 0 aliphatic heterocycles. The second kappa shape index (κ2) is 11.6. The third-order valence-corrected chi connectivity index (χ3v) is 9.43. The number of nitrogens with zero attached hydrogens (tertiary/aromatic N) is 4. The SMILES string of the molecule is C=Cc1c(/C=C\C)nc(-n2c3ccccc3c3cc(-c4ccc5c(c4)c4ccccc4n5-c4ccccc4)ccc32)nc1-c1ccccc1. The molecule has 3 heterocycles. The van der Waals surface area contributed by atoms with Gasteiger partial charge in [0.15, 0.2) is 0 Å². The molecule has 0 atom stereocenters. The lowest BCUT2D eigenvalue weighted by Crippen LogP contribution is -2.06. The van der Waals surface area contributed by atoms with Crippen LogP contribution in [0.1, 0.15) is 18.2 Å². The zero-order chi connectivity index (χ0) is 32.9. The van der Waals surface area contributed by atoms with Gasteiger partial charge in [0.1, 0.15) is 0 Å². The Labute approximate surface area is 284 Å². The van der Waals surface area contributed by atoms with Gasteiger partial charge in [-0.3, -0.25) is 4.57 Å². The van der Waals surface area contributed by atoms with Gasteiger partial charge in [-0.1, -0.05) is 116 Å². The van der Waals surface area contributed by atoms with E-state index >= 15 is 0 Å². The first kappa shape index (κ1) is 28.7. The first-order valence-electron chi connectivity index (χ1n) is 16.6. The standard InChI is InChI=1S/C45H32N4/c1-3-15-39-34(4-2)44(30-16-7-5-8-17-30)47-45(46-39)49-41-23-14-12-21-36(41)38-29-32(25-27-43(38)49)31-24-26-42-37(28-31)35-20-11-13-22-40(35)48(42)33-18-9-6-10-19-33/h3-29H,2H2,1H3/b15-3-. The number of para-hydroxylation sites is 3. The van der Waals surface area contributed by atoms with E-state index in [1.54, 1.807) is 0 Å². The second-order valence-corrected chi connectivity index (χ2v) is 12.2. The van der Waals surface area contributed by atoms with Crippen LogP contribution in [0.15, 0.2) is 158 Å². The molecule has 0 amide bonds. The number of fused-ring (bicyclic) bond motifs is 6. The van der Waals surface area contributed by atoms with Crippen molar-refractivity contribution in [2.75, 3.05) is 0 Å². The van der Waals surface area contributed by atoms with E-state index in [0.29, 0.717) is 5.95 Å². The lowest BCUT2D eigenvalue weighted by atomic mass is 10.0. The van der Waals surface area contributed by atoms with E-state index in [4.69, 9.17) is 9.97 Å². The van der Waals surface area contributed by atoms with Crippen molar-refractivity contribution in [3.8, 4) is 34.0 Å². The Morgan fingerprint density at radius 3 is 1.65 bits per heavy atom. The van der Waals surface area contributed by atoms with Crippen molar-refractivity contribution in [1.82, 2.24) is 19.1 Å². The lowest BCUT2D eigenvalue weighted by Gasteiger charge is -2.14. The van der Waals surface area contributed by atoms with Gasteiger partial charge in [0.05, 0.1) is 33.5 Å². The van der Waals surface area contributed by atoms with E-state index in [1.807, 2.05) is 43.4 Å². The van der Waals surface area contributed by atoms with Crippen LogP contribution < -0.4 is 0 Å². The highest BCUT2D eigenvalue weighted by Crippen LogP contribution is 2.38. The summed E-state index contributed by atoms with van der Waals surface area (Å²) in [4.78, 5) is 10.3. The Morgan fingerprint density at radius 2 is 1.04 bits per heavy atom. The highest BCUT2D eigenvalue weighted by molar-refractivity contribution is 6.12. The average Bonchev–Trinajstić information content (AvgIpc) is 3.67. The summed E-state index contributed by atoms with van der Waals surface area (Å²) >= 11 is 0. The first-order valence-corrected chi connectivity index (χ1v) is 16.6. The maximum absolute atomic E-state index is 5.21. The molecule has 0 aliphatic carbocycles. The first-order chi connectivity index (χ1) is 24.2. The van der Waals surface area contributed by atoms with Crippen LogP contribution in [0.4, 0.5) is 0 Å². The van der Waals surface area contributed by atoms with Gasteiger partial charge in [0.25, 0.3) is 0 Å². The van der Waals surface area contributed by atoms with Crippen molar-refractivity contribution in [3.05, 3.63) is 170 Å². The lowest BCUT2D eigenvalue weighted by molar-refractivity contribution is 0.983. The second-order valence-electron chi connectivity index (χ2n) is 12.2. The molecule has 0 N–H and O–H groups in total. The van der Waals surface area contributed by atoms with Crippen molar-refractivity contribution in [3.63, 3.8) is 0 Å². The maximum atomic E-state index is 5.21. The minimum Gasteiger partial charge on any atom is -0.309 e. The smallest absolute Gasteiger partial charge is 0.235 e. The fourth-order valence-corrected chi connectivity index (χ4v) is 7.25. The van der Waals surface area contributed by atoms with E-state index in [-0.39, 0.29) is 0 Å². The normalized spacial score (nSPS) is 11.8. The predicted octanol–water partition coefficient (Wildman–Crippen LogP) is 11.7. The van der Waals surface area contributed by atoms with E-state index in [2.05, 4.69) is 143 Å². The Hall–Kier alpha value is -6.52. The van der Waals surface area contributed by atoms with E-state index < -0.39 is 0 Å². The third-order valence-electron chi connectivity index (χ3n) is 9.43. The molecular weight excluding hydrogens is 597 g/mol. The van der Waals surface area contributed by atoms with Gasteiger partial charge < -0.3 is 4.57 Å². The van der Waals surface area contributed by atoms with Crippen LogP contribution in [0.3, 0.4) is 0 Å². The van der Waals surface area contributed by atoms with Gasteiger partial charge in [-0.05, 0) is 72.7 Å². The molecule has 3 aromatic heterocycles. The van der Waals surface area contributed by atoms with Crippen LogP contribution in [0.2, 0.25) is 0 Å². The number of rotatable bonds is 6. The molecule has 0 fully saturated rings. The van der Waals surface area contributed by atoms with Crippen LogP contribution in [0.25, 0.3) is 89.8 Å². The molecule has 0 saturated carbocycles. The van der Waals surface area contributed by atoms with E-state index in [9.17, 15) is 0 Å². The Bertz CT molecular complexity index is 2730. The molecule has 0 bridgehead atoms. The predicted molar refractivity (Wildman–Crippen MR) is 206 cm³/mol. The van der Waals surface area contributed by atoms with Crippen molar-refractivity contribution in [2.24, 2.45) is 0 Å². The molecule has 4 nitrogen and oxygen atoms in total. The largest absolute Gasteiger partial charge is 0.309 e. The third kappa shape index (κ3) is 4.61. The minimum atomic E-state index is 0.631. The minimum absolute atomic E-state index is 0.631. The summed E-state index contributed by atoms with van der Waals surface area (Å²) in [6.45, 7) is 6.13. The van der Waals surface area contributed by atoms with Crippen LogP contribution in [-0.4, -0.2) is 19.1 Å². The molecule has 0 saturated heterocycles. The summed E-state index contributed by atoms with van der Waals surface area (Å²) in [5, 5.41) is 4.80. The topological polar surface area (TPSA) is 35.6 Å². The van der Waals surface area contributed by atoms with Gasteiger partial charge in [0, 0.05) is 38.4 Å². The van der Waals surface area contributed by atoms with Gasteiger partial charge in [-0.15, -0.1) is 0 Å². The molecular formula is C45H32N4. The van der Waals surface area contributed by atoms with Crippen molar-refractivity contribution in [1.29, 1.82) is 0 Å². The number of allylic oxidation sites excluding steroid dienone is 1. The number of hydrogen-bond donors (Lipinski definition) is 0. The van der Waals surface area contributed by atoms with Gasteiger partial charge >= 0.3 is 0 Å². The Morgan fingerprint density at radius 1 is 0.510 bits per heavy atom. The van der Waals surface area contributed by atoms with Gasteiger partial charge in [-0.2, -0.15) is 0 Å². The van der Waals surface area contributed by atoms with Gasteiger partial charge in [-0.25, -0.2) is 9.97 Å². The van der Waals surface area contributed by atoms with Crippen LogP contribution in [0, 0.1) is 0 Å². The molecule has 9 rings (SSSR count). The van der Waals surface area contributed by atoms with Crippen LogP contribution in [0.5, 0.6) is 0 Å². The molecule has 232 valence electrons. The maximum Gasteiger partial charge on any atom is 0.235 e. The Balaban J connectivity index is 1.25. The highest BCUT2D eigenvalue weighted by atomic mass is 15.2. The number of benzene rings is 6. The molecule has 6 aromatic carbocycles. The summed E-state index contributed by atoms with van der Waals surface area (Å²) in [6.07, 6.45) is 5.90. The van der Waals surface area contributed by atoms with E-state index in [0.717, 1.165) is 55.6 Å². The molecule has 0 aliphatic rings. The summed E-state index contributed by atoms with van der Waals surface area (Å²) in [5.41, 5.74) is 11.7. The molecule has 0 unspecified atom stereocenters. The highest BCUT2D eigenvalue weighted by Gasteiger charge is 2.19. The summed E-state index contributed by atoms with van der Waals surface area (Å²) in [6, 6.07) is 51.7. The van der Waals surface area contributed by atoms with E-state index in [1.165, 1.54) is 27.4 Å². The van der Waals surface area contributed by atoms with Crippen LogP contribution >= 0.6 is 0 Å². The summed E-state index contributed by atoms with van der Waals surface area (Å²) < 4.78 is 4.55. The fourth-order valence-electron chi connectivity index (χ4n) is 7.25. The van der Waals surface area contributed by atoms with Crippen LogP contribution in [-0.2, 0) is 0 Å². The zero-order valence-corrected chi connectivity index (χ0v) is 27.1. The number of aromatic nitrogens is 4. The average molecular weight is 629 g/mol. The molecule has 4 heteroatoms. The van der Waals surface area contributed by atoms with Crippen molar-refractivity contribution < 1.29 is 0 Å². The van der Waals surface area contributed by atoms with Gasteiger partial charge in [0.2, 0.25) is 5.95 Å². The molecule has 9 aromatic rings. The van der Waals surface area contributed by atoms with Crippen molar-refractivity contribution >= 4 is 55.8 Å². The Kier molecular flexibility index (Phi) is 6.80. The summed E-state index contributed by atoms with van der Waals surface area (Å²) in [7, 11) is 0. The zero-order valence-electron chi connectivity index (χ0n) is 27.1. The fraction of sp³-hybridized carbons (Fsp3) is 0.0222. The molecule has 49 heavy (non-hydrogen) atoms. The quantitative estimate of drug-likeness (QED) is 0.184. The summed E-state index contributed by atoms with van der Waals surface area (Å²) in [5.74, 6) is 0.631.